The van der Waals surface area contributed by atoms with Gasteiger partial charge < -0.3 is 9.53 Å². The molecule has 0 radical (unpaired) electrons. The van der Waals surface area contributed by atoms with Crippen LogP contribution in [0.4, 0.5) is 0 Å². The SMILES string of the molecule is C=O.COCc1ccc(C)cc1. The van der Waals surface area contributed by atoms with E-state index in [0.717, 1.165) is 0 Å². The second kappa shape index (κ2) is 6.55. The predicted octanol–water partition coefficient (Wildman–Crippen LogP) is 1.96. The molecule has 0 saturated heterocycles. The minimum absolute atomic E-state index is 0.709. The summed E-state index contributed by atoms with van der Waals surface area (Å²) in [6.07, 6.45) is 0. The quantitative estimate of drug-likeness (QED) is 0.671. The molecule has 2 heteroatoms. The molecule has 0 atom stereocenters. The summed E-state index contributed by atoms with van der Waals surface area (Å²) in [4.78, 5) is 8.00. The summed E-state index contributed by atoms with van der Waals surface area (Å²) in [6, 6.07) is 8.35. The van der Waals surface area contributed by atoms with Crippen LogP contribution in [0.25, 0.3) is 0 Å². The molecule has 0 fully saturated rings. The summed E-state index contributed by atoms with van der Waals surface area (Å²) in [5, 5.41) is 0. The molecule has 0 N–H and O–H groups in total. The maximum Gasteiger partial charge on any atom is 0.106 e. The van der Waals surface area contributed by atoms with Crippen LogP contribution in [0.15, 0.2) is 24.3 Å². The van der Waals surface area contributed by atoms with Gasteiger partial charge in [-0.2, -0.15) is 0 Å². The normalized spacial score (nSPS) is 8.50. The lowest BCUT2D eigenvalue weighted by Gasteiger charge is -1.98. The van der Waals surface area contributed by atoms with E-state index >= 15 is 0 Å². The van der Waals surface area contributed by atoms with Crippen LogP contribution in [0, 0.1) is 6.92 Å². The van der Waals surface area contributed by atoms with Gasteiger partial charge in [0.15, 0.2) is 0 Å². The van der Waals surface area contributed by atoms with E-state index < -0.39 is 0 Å². The van der Waals surface area contributed by atoms with Gasteiger partial charge in [0, 0.05) is 7.11 Å². The Kier molecular flexibility index (Phi) is 5.93. The molecule has 0 aliphatic carbocycles. The van der Waals surface area contributed by atoms with Crippen LogP contribution in [0.1, 0.15) is 11.1 Å². The lowest BCUT2D eigenvalue weighted by atomic mass is 10.2. The standard InChI is InChI=1S/C9H12O.CH2O/c1-8-3-5-9(6-4-8)7-10-2;1-2/h3-6H,7H2,1-2H3;1H2. The number of hydrogen-bond donors (Lipinski definition) is 0. The lowest BCUT2D eigenvalue weighted by molar-refractivity contribution is -0.0979. The molecule has 0 aliphatic rings. The van der Waals surface area contributed by atoms with Crippen molar-refractivity contribution in [1.29, 1.82) is 0 Å². The molecule has 0 aromatic heterocycles. The third-order valence-electron chi connectivity index (χ3n) is 1.43. The van der Waals surface area contributed by atoms with E-state index in [1.807, 2.05) is 6.79 Å². The molecule has 66 valence electrons. The molecule has 1 aromatic rings. The lowest BCUT2D eigenvalue weighted by Crippen LogP contribution is -1.85. The summed E-state index contributed by atoms with van der Waals surface area (Å²) >= 11 is 0. The summed E-state index contributed by atoms with van der Waals surface area (Å²) in [7, 11) is 1.71. The monoisotopic (exact) mass is 166 g/mol. The number of aryl methyl sites for hydroxylation is 1. The summed E-state index contributed by atoms with van der Waals surface area (Å²) in [5.74, 6) is 0. The molecule has 1 aromatic carbocycles. The van der Waals surface area contributed by atoms with Crippen LogP contribution in [0.3, 0.4) is 0 Å². The summed E-state index contributed by atoms with van der Waals surface area (Å²) < 4.78 is 4.97. The fourth-order valence-corrected chi connectivity index (χ4v) is 0.851. The molecule has 0 bridgehead atoms. The molecule has 0 spiro atoms. The van der Waals surface area contributed by atoms with Gasteiger partial charge in [-0.3, -0.25) is 0 Å². The van der Waals surface area contributed by atoms with Crippen LogP contribution in [0.5, 0.6) is 0 Å². The van der Waals surface area contributed by atoms with Gasteiger partial charge in [-0.25, -0.2) is 0 Å². The summed E-state index contributed by atoms with van der Waals surface area (Å²) in [6.45, 7) is 4.79. The highest BCUT2D eigenvalue weighted by molar-refractivity contribution is 5.20. The molecule has 0 heterocycles. The molecule has 0 saturated carbocycles. The Balaban J connectivity index is 0.000000561. The van der Waals surface area contributed by atoms with E-state index in [9.17, 15) is 0 Å². The first-order chi connectivity index (χ1) is 5.83. The van der Waals surface area contributed by atoms with Crippen molar-refractivity contribution in [1.82, 2.24) is 0 Å². The molecule has 0 amide bonds. The average Bonchev–Trinajstić information content (AvgIpc) is 2.13. The number of carbonyl (C=O) groups is 1. The number of benzene rings is 1. The number of rotatable bonds is 2. The van der Waals surface area contributed by atoms with Gasteiger partial charge in [-0.05, 0) is 12.5 Å². The summed E-state index contributed by atoms with van der Waals surface area (Å²) in [5.41, 5.74) is 2.52. The molecular weight excluding hydrogens is 152 g/mol. The second-order valence-corrected chi connectivity index (χ2v) is 2.42. The highest BCUT2D eigenvalue weighted by atomic mass is 16.5. The fraction of sp³-hybridized carbons (Fsp3) is 0.300. The van der Waals surface area contributed by atoms with E-state index in [4.69, 9.17) is 9.53 Å². The molecular formula is C10H14O2. The zero-order chi connectivity index (χ0) is 9.40. The Hall–Kier alpha value is -1.15. The maximum absolute atomic E-state index is 8.00. The topological polar surface area (TPSA) is 26.3 Å². The predicted molar refractivity (Wildman–Crippen MR) is 49.0 cm³/mol. The third kappa shape index (κ3) is 3.88. The zero-order valence-corrected chi connectivity index (χ0v) is 7.54. The van der Waals surface area contributed by atoms with Crippen LogP contribution in [0.2, 0.25) is 0 Å². The molecule has 1 rings (SSSR count). The Morgan fingerprint density at radius 3 is 2.17 bits per heavy atom. The number of hydrogen-bond acceptors (Lipinski definition) is 2. The average molecular weight is 166 g/mol. The van der Waals surface area contributed by atoms with Crippen LogP contribution in [-0.2, 0) is 16.1 Å². The molecule has 0 unspecified atom stereocenters. The highest BCUT2D eigenvalue weighted by Crippen LogP contribution is 2.03. The zero-order valence-electron chi connectivity index (χ0n) is 7.54. The first-order valence-electron chi connectivity index (χ1n) is 3.66. The largest absolute Gasteiger partial charge is 0.380 e. The van der Waals surface area contributed by atoms with E-state index in [2.05, 4.69) is 31.2 Å². The Labute approximate surface area is 73.2 Å². The minimum atomic E-state index is 0.709. The maximum atomic E-state index is 8.00. The van der Waals surface area contributed by atoms with Crippen LogP contribution in [-0.4, -0.2) is 13.9 Å². The molecule has 2 nitrogen and oxygen atoms in total. The van der Waals surface area contributed by atoms with E-state index in [1.54, 1.807) is 7.11 Å². The van der Waals surface area contributed by atoms with Crippen LogP contribution >= 0.6 is 0 Å². The first-order valence-corrected chi connectivity index (χ1v) is 3.66. The second-order valence-electron chi connectivity index (χ2n) is 2.42. The van der Waals surface area contributed by atoms with Crippen molar-refractivity contribution in [2.45, 2.75) is 13.5 Å². The van der Waals surface area contributed by atoms with Crippen molar-refractivity contribution in [3.8, 4) is 0 Å². The van der Waals surface area contributed by atoms with E-state index in [1.165, 1.54) is 11.1 Å². The number of carbonyl (C=O) groups excluding carboxylic acids is 1. The Morgan fingerprint density at radius 2 is 1.75 bits per heavy atom. The van der Waals surface area contributed by atoms with Gasteiger partial charge in [0.25, 0.3) is 0 Å². The van der Waals surface area contributed by atoms with Crippen molar-refractivity contribution >= 4 is 6.79 Å². The Morgan fingerprint density at radius 1 is 1.25 bits per heavy atom. The van der Waals surface area contributed by atoms with Gasteiger partial charge in [0.1, 0.15) is 6.79 Å². The van der Waals surface area contributed by atoms with Gasteiger partial charge in [-0.15, -0.1) is 0 Å². The van der Waals surface area contributed by atoms with Crippen molar-refractivity contribution in [3.05, 3.63) is 35.4 Å². The highest BCUT2D eigenvalue weighted by Gasteiger charge is 1.88. The van der Waals surface area contributed by atoms with Crippen molar-refractivity contribution in [2.24, 2.45) is 0 Å². The van der Waals surface area contributed by atoms with Crippen LogP contribution < -0.4 is 0 Å². The van der Waals surface area contributed by atoms with E-state index in [-0.39, 0.29) is 0 Å². The van der Waals surface area contributed by atoms with Gasteiger partial charge >= 0.3 is 0 Å². The van der Waals surface area contributed by atoms with Gasteiger partial charge in [-0.1, -0.05) is 29.8 Å². The first kappa shape index (κ1) is 10.8. The number of ether oxygens (including phenoxy) is 1. The van der Waals surface area contributed by atoms with E-state index in [0.29, 0.717) is 6.61 Å². The van der Waals surface area contributed by atoms with Gasteiger partial charge in [0.2, 0.25) is 0 Å². The smallest absolute Gasteiger partial charge is 0.106 e. The minimum Gasteiger partial charge on any atom is -0.380 e. The van der Waals surface area contributed by atoms with Gasteiger partial charge in [0.05, 0.1) is 6.61 Å². The van der Waals surface area contributed by atoms with Crippen molar-refractivity contribution < 1.29 is 9.53 Å². The van der Waals surface area contributed by atoms with Crippen molar-refractivity contribution in [2.75, 3.05) is 7.11 Å². The molecule has 12 heavy (non-hydrogen) atoms. The number of methoxy groups -OCH3 is 1. The fourth-order valence-electron chi connectivity index (χ4n) is 0.851. The van der Waals surface area contributed by atoms with Crippen molar-refractivity contribution in [3.63, 3.8) is 0 Å². The Bertz CT molecular complexity index is 204. The third-order valence-corrected chi connectivity index (χ3v) is 1.43. The molecule has 0 aliphatic heterocycles.